The fourth-order valence-electron chi connectivity index (χ4n) is 2.20. The fourth-order valence-corrected chi connectivity index (χ4v) is 2.20. The average molecular weight is 157 g/mol. The second-order valence-electron chi connectivity index (χ2n) is 3.69. The minimum Gasteiger partial charge on any atom is -0.298 e. The monoisotopic (exact) mass is 157 g/mol. The molecule has 0 radical (unpaired) electrons. The molecule has 2 heterocycles. The van der Waals surface area contributed by atoms with Crippen molar-refractivity contribution in [1.82, 2.24) is 4.90 Å². The summed E-state index contributed by atoms with van der Waals surface area (Å²) in [5, 5.41) is 0. The van der Waals surface area contributed by atoms with Crippen molar-refractivity contribution in [2.45, 2.75) is 31.5 Å². The second-order valence-corrected chi connectivity index (χ2v) is 3.69. The lowest BCUT2D eigenvalue weighted by molar-refractivity contribution is -0.123. The first-order valence-corrected chi connectivity index (χ1v) is 4.05. The number of hydrogen-bond donors (Lipinski definition) is 0. The Hall–Kier alpha value is -0.440. The van der Waals surface area contributed by atoms with Gasteiger partial charge in [-0.2, -0.15) is 0 Å². The van der Waals surface area contributed by atoms with E-state index in [0.29, 0.717) is 19.4 Å². The first kappa shape index (κ1) is 7.22. The first-order valence-electron chi connectivity index (χ1n) is 4.05. The standard InChI is InChI=1S/C8H12FNO/c1-8-4-6(9)5-10(8)3-2-7(8)11/h6H,2-5H2,1H3/t6-,8?/m1/s1. The lowest BCUT2D eigenvalue weighted by Crippen LogP contribution is -2.39. The maximum atomic E-state index is 12.9. The van der Waals surface area contributed by atoms with Crippen LogP contribution in [0.1, 0.15) is 19.8 Å². The normalized spacial score (nSPS) is 44.9. The smallest absolute Gasteiger partial charge is 0.154 e. The number of ketones is 1. The molecule has 0 aromatic carbocycles. The first-order chi connectivity index (χ1) is 5.13. The molecular formula is C8H12FNO. The molecule has 2 aliphatic heterocycles. The number of nitrogens with zero attached hydrogens (tertiary/aromatic N) is 1. The predicted molar refractivity (Wildman–Crippen MR) is 39.1 cm³/mol. The summed E-state index contributed by atoms with van der Waals surface area (Å²) >= 11 is 0. The van der Waals surface area contributed by atoms with Crippen LogP contribution in [0.3, 0.4) is 0 Å². The Labute approximate surface area is 65.4 Å². The molecule has 2 fully saturated rings. The van der Waals surface area contributed by atoms with Crippen molar-refractivity contribution in [3.63, 3.8) is 0 Å². The maximum Gasteiger partial charge on any atom is 0.154 e. The Morgan fingerprint density at radius 2 is 2.45 bits per heavy atom. The number of Topliss-reactive ketones (excluding diaryl/α,β-unsaturated/α-hetero) is 1. The third-order valence-corrected chi connectivity index (χ3v) is 2.94. The highest BCUT2D eigenvalue weighted by Gasteiger charge is 2.50. The number of hydrogen-bond acceptors (Lipinski definition) is 2. The molecule has 62 valence electrons. The largest absolute Gasteiger partial charge is 0.298 e. The van der Waals surface area contributed by atoms with E-state index < -0.39 is 11.7 Å². The maximum absolute atomic E-state index is 12.9. The molecule has 0 aliphatic carbocycles. The predicted octanol–water partition coefficient (Wildman–Crippen LogP) is 0.762. The highest BCUT2D eigenvalue weighted by atomic mass is 19.1. The Bertz CT molecular complexity index is 206. The minimum absolute atomic E-state index is 0.220. The molecular weight excluding hydrogens is 145 g/mol. The number of carbonyl (C=O) groups is 1. The van der Waals surface area contributed by atoms with Crippen molar-refractivity contribution in [2.24, 2.45) is 0 Å². The van der Waals surface area contributed by atoms with Gasteiger partial charge in [-0.05, 0) is 6.92 Å². The number of fused-ring (bicyclic) bond motifs is 1. The van der Waals surface area contributed by atoms with Crippen molar-refractivity contribution >= 4 is 5.78 Å². The molecule has 3 heteroatoms. The Morgan fingerprint density at radius 3 is 3.09 bits per heavy atom. The van der Waals surface area contributed by atoms with Crippen molar-refractivity contribution in [1.29, 1.82) is 0 Å². The number of halogens is 1. The van der Waals surface area contributed by atoms with Gasteiger partial charge in [-0.25, -0.2) is 4.39 Å². The van der Waals surface area contributed by atoms with Crippen LogP contribution >= 0.6 is 0 Å². The third-order valence-electron chi connectivity index (χ3n) is 2.94. The summed E-state index contributed by atoms with van der Waals surface area (Å²) in [6.45, 7) is 3.08. The van der Waals surface area contributed by atoms with Gasteiger partial charge in [-0.15, -0.1) is 0 Å². The number of alkyl halides is 1. The van der Waals surface area contributed by atoms with E-state index in [0.717, 1.165) is 6.54 Å². The van der Waals surface area contributed by atoms with Crippen LogP contribution in [0.15, 0.2) is 0 Å². The van der Waals surface area contributed by atoms with Crippen LogP contribution in [-0.4, -0.2) is 35.5 Å². The van der Waals surface area contributed by atoms with Crippen LogP contribution in [0, 0.1) is 0 Å². The van der Waals surface area contributed by atoms with Crippen LogP contribution in [0.25, 0.3) is 0 Å². The van der Waals surface area contributed by atoms with E-state index in [1.54, 1.807) is 0 Å². The number of carbonyl (C=O) groups excluding carboxylic acids is 1. The van der Waals surface area contributed by atoms with Gasteiger partial charge in [0.1, 0.15) is 6.17 Å². The van der Waals surface area contributed by atoms with Crippen molar-refractivity contribution < 1.29 is 9.18 Å². The van der Waals surface area contributed by atoms with E-state index in [9.17, 15) is 9.18 Å². The summed E-state index contributed by atoms with van der Waals surface area (Å²) in [4.78, 5) is 13.3. The van der Waals surface area contributed by atoms with Crippen molar-refractivity contribution in [3.8, 4) is 0 Å². The van der Waals surface area contributed by atoms with Gasteiger partial charge in [0, 0.05) is 25.9 Å². The van der Waals surface area contributed by atoms with Crippen LogP contribution < -0.4 is 0 Å². The zero-order valence-corrected chi connectivity index (χ0v) is 6.64. The van der Waals surface area contributed by atoms with E-state index >= 15 is 0 Å². The molecule has 11 heavy (non-hydrogen) atoms. The second kappa shape index (κ2) is 2.03. The molecule has 0 aromatic rings. The Balaban J connectivity index is 2.26. The lowest BCUT2D eigenvalue weighted by atomic mass is 9.95. The van der Waals surface area contributed by atoms with Gasteiger partial charge in [0.2, 0.25) is 0 Å². The fraction of sp³-hybridized carbons (Fsp3) is 0.875. The minimum atomic E-state index is -0.788. The SMILES string of the molecule is CC12C[C@@H](F)CN1CCC2=O. The molecule has 2 rings (SSSR count). The molecule has 0 N–H and O–H groups in total. The zero-order valence-electron chi connectivity index (χ0n) is 6.64. The Morgan fingerprint density at radius 1 is 1.73 bits per heavy atom. The van der Waals surface area contributed by atoms with Crippen LogP contribution in [0.4, 0.5) is 4.39 Å². The molecule has 0 bridgehead atoms. The summed E-state index contributed by atoms with van der Waals surface area (Å²) in [6, 6.07) is 0. The molecule has 0 aromatic heterocycles. The molecule has 2 nitrogen and oxygen atoms in total. The summed E-state index contributed by atoms with van der Waals surface area (Å²) in [6.07, 6.45) is 0.235. The van der Waals surface area contributed by atoms with Crippen molar-refractivity contribution in [3.05, 3.63) is 0 Å². The van der Waals surface area contributed by atoms with E-state index in [1.807, 2.05) is 11.8 Å². The zero-order chi connectivity index (χ0) is 8.06. The lowest BCUT2D eigenvalue weighted by Gasteiger charge is -2.24. The molecule has 1 unspecified atom stereocenters. The quantitative estimate of drug-likeness (QED) is 0.517. The molecule has 2 aliphatic rings. The van der Waals surface area contributed by atoms with Crippen molar-refractivity contribution in [2.75, 3.05) is 13.1 Å². The molecule has 2 atom stereocenters. The van der Waals surface area contributed by atoms with Gasteiger partial charge in [0.25, 0.3) is 0 Å². The summed E-state index contributed by atoms with van der Waals surface area (Å²) in [7, 11) is 0. The van der Waals surface area contributed by atoms with E-state index in [2.05, 4.69) is 0 Å². The summed E-state index contributed by atoms with van der Waals surface area (Å²) in [5.74, 6) is 0.220. The average Bonchev–Trinajstić information content (AvgIpc) is 2.32. The van der Waals surface area contributed by atoms with E-state index in [-0.39, 0.29) is 5.78 Å². The van der Waals surface area contributed by atoms with E-state index in [1.165, 1.54) is 0 Å². The van der Waals surface area contributed by atoms with Crippen LogP contribution in [-0.2, 0) is 4.79 Å². The highest BCUT2D eigenvalue weighted by molar-refractivity contribution is 5.90. The van der Waals surface area contributed by atoms with Crippen LogP contribution in [0.2, 0.25) is 0 Å². The van der Waals surface area contributed by atoms with Gasteiger partial charge in [-0.3, -0.25) is 9.69 Å². The van der Waals surface area contributed by atoms with Gasteiger partial charge < -0.3 is 0 Å². The number of rotatable bonds is 0. The third kappa shape index (κ3) is 0.836. The summed E-state index contributed by atoms with van der Waals surface area (Å²) in [5.41, 5.74) is -0.445. The van der Waals surface area contributed by atoms with E-state index in [4.69, 9.17) is 0 Å². The Kier molecular flexibility index (Phi) is 1.34. The van der Waals surface area contributed by atoms with Crippen LogP contribution in [0.5, 0.6) is 0 Å². The van der Waals surface area contributed by atoms with Gasteiger partial charge in [-0.1, -0.05) is 0 Å². The molecule has 0 amide bonds. The molecule has 0 spiro atoms. The molecule has 2 saturated heterocycles. The molecule has 0 saturated carbocycles. The topological polar surface area (TPSA) is 20.3 Å². The summed E-state index contributed by atoms with van der Waals surface area (Å²) < 4.78 is 12.9. The van der Waals surface area contributed by atoms with Gasteiger partial charge in [0.05, 0.1) is 5.54 Å². The highest BCUT2D eigenvalue weighted by Crippen LogP contribution is 2.36. The van der Waals surface area contributed by atoms with Gasteiger partial charge >= 0.3 is 0 Å². The van der Waals surface area contributed by atoms with Gasteiger partial charge in [0.15, 0.2) is 5.78 Å².